The number of rotatable bonds is 5. The van der Waals surface area contributed by atoms with Gasteiger partial charge in [-0.05, 0) is 18.9 Å². The normalized spacial score (nSPS) is 21.9. The summed E-state index contributed by atoms with van der Waals surface area (Å²) in [6.45, 7) is 18.4. The summed E-state index contributed by atoms with van der Waals surface area (Å²) in [5.74, 6) is 0. The fraction of sp³-hybridized carbons (Fsp3) is 0.882. The summed E-state index contributed by atoms with van der Waals surface area (Å²) in [5.41, 5.74) is 8.46. The van der Waals surface area contributed by atoms with Crippen LogP contribution in [0.1, 0.15) is 41.0 Å². The Morgan fingerprint density at radius 2 is 1.64 bits per heavy atom. The number of nitrogens with one attached hydrogen (secondary N) is 2. The Bertz CT molecular complexity index is 388. The van der Waals surface area contributed by atoms with E-state index in [-0.39, 0.29) is 5.41 Å². The van der Waals surface area contributed by atoms with E-state index in [4.69, 9.17) is 0 Å². The third-order valence-electron chi connectivity index (χ3n) is 4.57. The van der Waals surface area contributed by atoms with Gasteiger partial charge in [0.05, 0.1) is 5.70 Å². The second-order valence-corrected chi connectivity index (χ2v) is 8.74. The molecule has 0 aliphatic carbocycles. The van der Waals surface area contributed by atoms with Crippen molar-refractivity contribution in [2.75, 3.05) is 46.3 Å². The Hall–Kier alpha value is -0.780. The van der Waals surface area contributed by atoms with Crippen LogP contribution in [0.4, 0.5) is 0 Å². The van der Waals surface area contributed by atoms with Gasteiger partial charge >= 0.3 is 0 Å². The topological polar surface area (TPSA) is 33.8 Å². The maximum absolute atomic E-state index is 3.37. The average Bonchev–Trinajstić information content (AvgIpc) is 2.85. The van der Waals surface area contributed by atoms with E-state index >= 15 is 0 Å². The monoisotopic (exact) mass is 309 g/mol. The molecule has 2 aliphatic rings. The van der Waals surface area contributed by atoms with E-state index in [1.165, 1.54) is 31.9 Å². The van der Waals surface area contributed by atoms with Gasteiger partial charge in [0.15, 0.2) is 0 Å². The second-order valence-electron chi connectivity index (χ2n) is 8.74. The molecule has 0 aromatic rings. The van der Waals surface area contributed by atoms with Crippen molar-refractivity contribution in [2.24, 2.45) is 10.8 Å². The van der Waals surface area contributed by atoms with Gasteiger partial charge in [0, 0.05) is 50.9 Å². The Morgan fingerprint density at radius 1 is 1.00 bits per heavy atom. The first-order valence-corrected chi connectivity index (χ1v) is 8.57. The molecule has 0 amide bonds. The number of hydrazine groups is 2. The van der Waals surface area contributed by atoms with Crippen molar-refractivity contribution in [3.63, 3.8) is 0 Å². The molecule has 0 atom stereocenters. The Balaban J connectivity index is 1.81. The molecule has 0 aromatic heterocycles. The molecule has 2 aliphatic heterocycles. The van der Waals surface area contributed by atoms with Crippen LogP contribution in [-0.4, -0.2) is 61.1 Å². The lowest BCUT2D eigenvalue weighted by atomic mass is 9.74. The van der Waals surface area contributed by atoms with E-state index in [0.29, 0.717) is 5.41 Å². The van der Waals surface area contributed by atoms with Crippen LogP contribution in [0.25, 0.3) is 0 Å². The molecule has 0 spiro atoms. The molecular formula is C17H35N5. The van der Waals surface area contributed by atoms with Gasteiger partial charge < -0.3 is 10.3 Å². The molecule has 1 fully saturated rings. The number of piperazine rings is 1. The Morgan fingerprint density at radius 3 is 2.23 bits per heavy atom. The van der Waals surface area contributed by atoms with E-state index in [9.17, 15) is 0 Å². The summed E-state index contributed by atoms with van der Waals surface area (Å²) in [4.78, 5) is 4.95. The maximum Gasteiger partial charge on any atom is 0.0509 e. The zero-order valence-electron chi connectivity index (χ0n) is 15.4. The van der Waals surface area contributed by atoms with Gasteiger partial charge in [-0.15, -0.1) is 5.53 Å². The van der Waals surface area contributed by atoms with Gasteiger partial charge in [-0.1, -0.05) is 34.6 Å². The lowest BCUT2D eigenvalue weighted by Gasteiger charge is -2.33. The zero-order chi connectivity index (χ0) is 16.4. The van der Waals surface area contributed by atoms with Gasteiger partial charge in [-0.25, -0.2) is 0 Å². The smallest absolute Gasteiger partial charge is 0.0509 e. The summed E-state index contributed by atoms with van der Waals surface area (Å²) in [6, 6.07) is 0. The molecule has 2 N–H and O–H groups in total. The molecular weight excluding hydrogens is 274 g/mol. The van der Waals surface area contributed by atoms with Crippen molar-refractivity contribution < 1.29 is 0 Å². The largest absolute Gasteiger partial charge is 0.306 e. The highest BCUT2D eigenvalue weighted by atomic mass is 15.7. The lowest BCUT2D eigenvalue weighted by molar-refractivity contribution is 0.135. The van der Waals surface area contributed by atoms with Crippen LogP contribution in [-0.2, 0) is 0 Å². The second kappa shape index (κ2) is 6.77. The number of likely N-dealkylation sites (N-methyl/N-ethyl adjacent to an activating group) is 1. The van der Waals surface area contributed by atoms with Gasteiger partial charge in [0.2, 0.25) is 0 Å². The van der Waals surface area contributed by atoms with Crippen molar-refractivity contribution in [3.8, 4) is 0 Å². The fourth-order valence-electron chi connectivity index (χ4n) is 3.56. The van der Waals surface area contributed by atoms with Gasteiger partial charge in [-0.3, -0.25) is 9.91 Å². The van der Waals surface area contributed by atoms with Crippen molar-refractivity contribution in [2.45, 2.75) is 41.0 Å². The van der Waals surface area contributed by atoms with E-state index in [1.54, 1.807) is 0 Å². The quantitative estimate of drug-likeness (QED) is 0.810. The van der Waals surface area contributed by atoms with Gasteiger partial charge in [0.1, 0.15) is 0 Å². The number of hydrogen-bond donors (Lipinski definition) is 2. The predicted molar refractivity (Wildman–Crippen MR) is 92.9 cm³/mol. The molecule has 0 radical (unpaired) electrons. The first-order valence-electron chi connectivity index (χ1n) is 8.57. The summed E-state index contributed by atoms with van der Waals surface area (Å²) < 4.78 is 0. The molecule has 2 heterocycles. The minimum atomic E-state index is 0.161. The standard InChI is InChI=1S/C17H35N5/c1-16(2,3)14-17(4,5)15-13-22(19-18-15)12-11-21-9-7-20(6)8-10-21/h13,18-19H,7-12,14H2,1-6H3. The molecule has 2 rings (SSSR count). The van der Waals surface area contributed by atoms with Crippen LogP contribution in [0, 0.1) is 10.8 Å². The molecule has 1 saturated heterocycles. The molecule has 0 bridgehead atoms. The van der Waals surface area contributed by atoms with E-state index < -0.39 is 0 Å². The zero-order valence-corrected chi connectivity index (χ0v) is 15.4. The Kier molecular flexibility index (Phi) is 5.41. The van der Waals surface area contributed by atoms with Crippen molar-refractivity contribution in [1.29, 1.82) is 0 Å². The van der Waals surface area contributed by atoms with Crippen LogP contribution in [0.2, 0.25) is 0 Å². The van der Waals surface area contributed by atoms with E-state index in [2.05, 4.69) is 73.6 Å². The van der Waals surface area contributed by atoms with Crippen LogP contribution >= 0.6 is 0 Å². The number of hydrogen-bond acceptors (Lipinski definition) is 5. The first-order chi connectivity index (χ1) is 10.2. The summed E-state index contributed by atoms with van der Waals surface area (Å²) in [7, 11) is 2.20. The van der Waals surface area contributed by atoms with Crippen LogP contribution in [0.5, 0.6) is 0 Å². The maximum atomic E-state index is 3.37. The highest BCUT2D eigenvalue weighted by Gasteiger charge is 2.32. The minimum absolute atomic E-state index is 0.161. The van der Waals surface area contributed by atoms with Crippen molar-refractivity contribution in [1.82, 2.24) is 25.8 Å². The van der Waals surface area contributed by atoms with Gasteiger partial charge in [0.25, 0.3) is 0 Å². The van der Waals surface area contributed by atoms with E-state index in [1.807, 2.05) is 0 Å². The summed E-state index contributed by atoms with van der Waals surface area (Å²) in [6.07, 6.45) is 3.41. The van der Waals surface area contributed by atoms with Crippen molar-refractivity contribution in [3.05, 3.63) is 11.9 Å². The molecule has 5 nitrogen and oxygen atoms in total. The molecule has 5 heteroatoms. The van der Waals surface area contributed by atoms with Crippen LogP contribution < -0.4 is 11.0 Å². The van der Waals surface area contributed by atoms with Gasteiger partial charge in [-0.2, -0.15) is 0 Å². The number of nitrogens with zero attached hydrogens (tertiary/aromatic N) is 3. The van der Waals surface area contributed by atoms with Crippen LogP contribution in [0.15, 0.2) is 11.9 Å². The van der Waals surface area contributed by atoms with Crippen LogP contribution in [0.3, 0.4) is 0 Å². The molecule has 22 heavy (non-hydrogen) atoms. The number of allylic oxidation sites excluding steroid dienone is 1. The lowest BCUT2D eigenvalue weighted by Crippen LogP contribution is -2.48. The first kappa shape index (κ1) is 17.6. The van der Waals surface area contributed by atoms with Crippen molar-refractivity contribution >= 4 is 0 Å². The van der Waals surface area contributed by atoms with E-state index in [0.717, 1.165) is 19.5 Å². The molecule has 0 unspecified atom stereocenters. The highest BCUT2D eigenvalue weighted by Crippen LogP contribution is 2.38. The fourth-order valence-corrected chi connectivity index (χ4v) is 3.56. The summed E-state index contributed by atoms with van der Waals surface area (Å²) >= 11 is 0. The Labute approximate surface area is 136 Å². The predicted octanol–water partition coefficient (Wildman–Crippen LogP) is 1.86. The summed E-state index contributed by atoms with van der Waals surface area (Å²) in [5, 5.41) is 2.19. The average molecular weight is 310 g/mol. The molecule has 128 valence electrons. The third-order valence-corrected chi connectivity index (χ3v) is 4.57. The minimum Gasteiger partial charge on any atom is -0.306 e. The third kappa shape index (κ3) is 5.14. The molecule has 0 saturated carbocycles. The highest BCUT2D eigenvalue weighted by molar-refractivity contribution is 5.12. The molecule has 0 aromatic carbocycles. The SMILES string of the molecule is CN1CCN(CCN2C=C(C(C)(C)CC(C)(C)C)NN2)CC1.